The van der Waals surface area contributed by atoms with Crippen molar-refractivity contribution in [3.63, 3.8) is 0 Å². The molecule has 4 atom stereocenters. The molecular formula is C36H30N2O6. The van der Waals surface area contributed by atoms with E-state index in [-0.39, 0.29) is 17.5 Å². The summed E-state index contributed by atoms with van der Waals surface area (Å²) in [5, 5.41) is 3.07. The Bertz CT molecular complexity index is 1870. The largest absolute Gasteiger partial charge is 0.496 e. The molecule has 0 unspecified atom stereocenters. The van der Waals surface area contributed by atoms with Crippen LogP contribution in [0.2, 0.25) is 0 Å². The minimum Gasteiger partial charge on any atom is -0.496 e. The highest BCUT2D eigenvalue weighted by Gasteiger charge is 2.70. The van der Waals surface area contributed by atoms with Crippen LogP contribution in [0, 0.1) is 5.92 Å². The Balaban J connectivity index is 1.53. The summed E-state index contributed by atoms with van der Waals surface area (Å²) in [5.74, 6) is -0.890. The molecule has 0 saturated carbocycles. The average Bonchev–Trinajstić information content (AvgIpc) is 3.55. The Morgan fingerprint density at radius 1 is 0.773 bits per heavy atom. The first kappa shape index (κ1) is 27.5. The summed E-state index contributed by atoms with van der Waals surface area (Å²) in [7, 11) is 4.53. The van der Waals surface area contributed by atoms with Crippen LogP contribution < -0.4 is 19.5 Å². The summed E-state index contributed by atoms with van der Waals surface area (Å²) < 4.78 is 16.6. The van der Waals surface area contributed by atoms with Crippen LogP contribution in [0.25, 0.3) is 6.08 Å². The Hall–Kier alpha value is -5.37. The fraction of sp³-hybridized carbons (Fsp3) is 0.194. The van der Waals surface area contributed by atoms with Gasteiger partial charge < -0.3 is 24.4 Å². The van der Waals surface area contributed by atoms with Gasteiger partial charge in [0.15, 0.2) is 23.1 Å². The average molecular weight is 587 g/mol. The number of fused-ring (bicyclic) bond motifs is 6. The Labute approximate surface area is 254 Å². The van der Waals surface area contributed by atoms with Crippen LogP contribution in [0.4, 0.5) is 5.69 Å². The van der Waals surface area contributed by atoms with E-state index in [1.807, 2.05) is 65.7 Å². The van der Waals surface area contributed by atoms with Crippen molar-refractivity contribution >= 4 is 29.2 Å². The maximum atomic E-state index is 15.1. The van der Waals surface area contributed by atoms with Crippen molar-refractivity contribution in [2.24, 2.45) is 5.92 Å². The van der Waals surface area contributed by atoms with Gasteiger partial charge in [-0.1, -0.05) is 54.6 Å². The van der Waals surface area contributed by atoms with Gasteiger partial charge in [0.25, 0.3) is 0 Å². The molecule has 7 rings (SSSR count). The number of rotatable bonds is 7. The van der Waals surface area contributed by atoms with Gasteiger partial charge in [-0.25, -0.2) is 0 Å². The Kier molecular flexibility index (Phi) is 6.50. The summed E-state index contributed by atoms with van der Waals surface area (Å²) in [6, 6.07) is 25.5. The van der Waals surface area contributed by atoms with Gasteiger partial charge in [0, 0.05) is 17.5 Å². The first-order valence-electron chi connectivity index (χ1n) is 14.3. The highest BCUT2D eigenvalue weighted by molar-refractivity contribution is 6.17. The minimum absolute atomic E-state index is 0.305. The first-order valence-corrected chi connectivity index (χ1v) is 14.3. The third kappa shape index (κ3) is 3.73. The molecule has 0 radical (unpaired) electrons. The summed E-state index contributed by atoms with van der Waals surface area (Å²) in [4.78, 5) is 46.4. The van der Waals surface area contributed by atoms with E-state index in [1.54, 1.807) is 42.5 Å². The lowest BCUT2D eigenvalue weighted by Gasteiger charge is -2.38. The SMILES string of the molecule is COc1ccc(C(=O)[C@H]2[C@H](C(=O)c3ccccc3OC)N3C=Cc4ccccc4[C@@H]3[C@@]23C(=O)Nc2ccccc23)cc1OC. The maximum absolute atomic E-state index is 15.1. The second-order valence-corrected chi connectivity index (χ2v) is 11.1. The number of Topliss-reactive ketones (excluding diaryl/α,β-unsaturated/α-hetero) is 2. The number of hydrogen-bond donors (Lipinski definition) is 1. The van der Waals surface area contributed by atoms with Crippen molar-refractivity contribution in [2.45, 2.75) is 17.5 Å². The molecule has 44 heavy (non-hydrogen) atoms. The van der Waals surface area contributed by atoms with Crippen molar-refractivity contribution < 1.29 is 28.6 Å². The molecule has 8 heteroatoms. The van der Waals surface area contributed by atoms with Crippen LogP contribution in [0.5, 0.6) is 17.2 Å². The third-order valence-corrected chi connectivity index (χ3v) is 9.16. The van der Waals surface area contributed by atoms with E-state index in [4.69, 9.17) is 14.2 Å². The van der Waals surface area contributed by atoms with Crippen LogP contribution >= 0.6 is 0 Å². The van der Waals surface area contributed by atoms with E-state index in [2.05, 4.69) is 5.32 Å². The molecule has 0 bridgehead atoms. The lowest BCUT2D eigenvalue weighted by atomic mass is 9.62. The molecule has 3 aliphatic heterocycles. The molecule has 0 aliphatic carbocycles. The molecule has 220 valence electrons. The highest BCUT2D eigenvalue weighted by Crippen LogP contribution is 2.62. The number of ketones is 2. The van der Waals surface area contributed by atoms with Crippen LogP contribution in [-0.4, -0.2) is 49.7 Å². The summed E-state index contributed by atoms with van der Waals surface area (Å²) in [6.45, 7) is 0. The van der Waals surface area contributed by atoms with Crippen LogP contribution in [0.3, 0.4) is 0 Å². The third-order valence-electron chi connectivity index (χ3n) is 9.16. The van der Waals surface area contributed by atoms with Gasteiger partial charge in [0.2, 0.25) is 5.91 Å². The normalized spacial score (nSPS) is 22.6. The number of ether oxygens (including phenoxy) is 3. The van der Waals surface area contributed by atoms with E-state index >= 15 is 4.79 Å². The number of methoxy groups -OCH3 is 3. The van der Waals surface area contributed by atoms with Crippen LogP contribution in [-0.2, 0) is 10.2 Å². The van der Waals surface area contributed by atoms with Gasteiger partial charge in [-0.05, 0) is 59.2 Å². The summed E-state index contributed by atoms with van der Waals surface area (Å²) in [5.41, 5.74) is 2.29. The molecular weight excluding hydrogens is 556 g/mol. The number of carbonyl (C=O) groups excluding carboxylic acids is 3. The van der Waals surface area contributed by atoms with Crippen molar-refractivity contribution in [1.29, 1.82) is 0 Å². The van der Waals surface area contributed by atoms with Gasteiger partial charge in [0.1, 0.15) is 17.2 Å². The monoisotopic (exact) mass is 586 g/mol. The number of carbonyl (C=O) groups is 3. The quantitative estimate of drug-likeness (QED) is 0.278. The van der Waals surface area contributed by atoms with Gasteiger partial charge in [-0.3, -0.25) is 14.4 Å². The molecule has 1 spiro atoms. The van der Waals surface area contributed by atoms with Gasteiger partial charge in [-0.15, -0.1) is 0 Å². The number of nitrogens with one attached hydrogen (secondary N) is 1. The summed E-state index contributed by atoms with van der Waals surface area (Å²) in [6.07, 6.45) is 3.78. The molecule has 1 fully saturated rings. The number of anilines is 1. The van der Waals surface area contributed by atoms with Gasteiger partial charge >= 0.3 is 0 Å². The van der Waals surface area contributed by atoms with Crippen molar-refractivity contribution in [3.8, 4) is 17.2 Å². The molecule has 1 saturated heterocycles. The molecule has 0 aromatic heterocycles. The number of para-hydroxylation sites is 2. The lowest BCUT2D eigenvalue weighted by Crippen LogP contribution is -2.49. The zero-order chi connectivity index (χ0) is 30.6. The van der Waals surface area contributed by atoms with E-state index < -0.39 is 23.4 Å². The second-order valence-electron chi connectivity index (χ2n) is 11.1. The first-order chi connectivity index (χ1) is 21.4. The zero-order valence-corrected chi connectivity index (χ0v) is 24.4. The van der Waals surface area contributed by atoms with E-state index in [9.17, 15) is 9.59 Å². The molecule has 8 nitrogen and oxygen atoms in total. The number of nitrogens with zero attached hydrogens (tertiary/aromatic N) is 1. The molecule has 3 aliphatic rings. The standard InChI is InChI=1S/C36H30N2O6/c1-42-27-15-9-6-12-24(27)33(40)31-30(32(39)22-16-17-28(43-2)29(20-22)44-3)36(25-13-7-8-14-26(25)37-35(36)41)34-23-11-5-4-10-21(23)18-19-38(31)34/h4-20,30-31,34H,1-3H3,(H,37,41)/t30-,31-,34-,36+/m1/s1. The van der Waals surface area contributed by atoms with Crippen molar-refractivity contribution in [1.82, 2.24) is 4.90 Å². The van der Waals surface area contributed by atoms with Gasteiger partial charge in [-0.2, -0.15) is 0 Å². The van der Waals surface area contributed by atoms with Crippen molar-refractivity contribution in [3.05, 3.63) is 125 Å². The van der Waals surface area contributed by atoms with Crippen LogP contribution in [0.15, 0.2) is 97.2 Å². The van der Waals surface area contributed by atoms with E-state index in [1.165, 1.54) is 21.3 Å². The maximum Gasteiger partial charge on any atom is 0.238 e. The topological polar surface area (TPSA) is 94.2 Å². The molecule has 3 heterocycles. The summed E-state index contributed by atoms with van der Waals surface area (Å²) >= 11 is 0. The van der Waals surface area contributed by atoms with Crippen LogP contribution in [0.1, 0.15) is 43.4 Å². The number of benzene rings is 4. The van der Waals surface area contributed by atoms with E-state index in [0.717, 1.165) is 11.1 Å². The molecule has 1 amide bonds. The predicted octanol–water partition coefficient (Wildman–Crippen LogP) is 5.69. The number of amides is 1. The Morgan fingerprint density at radius 2 is 1.48 bits per heavy atom. The molecule has 1 N–H and O–H groups in total. The van der Waals surface area contributed by atoms with Crippen molar-refractivity contribution in [2.75, 3.05) is 26.6 Å². The predicted molar refractivity (Wildman–Crippen MR) is 165 cm³/mol. The highest BCUT2D eigenvalue weighted by atomic mass is 16.5. The lowest BCUT2D eigenvalue weighted by molar-refractivity contribution is -0.122. The molecule has 4 aromatic rings. The zero-order valence-electron chi connectivity index (χ0n) is 24.4. The number of hydrogen-bond acceptors (Lipinski definition) is 7. The molecule has 4 aromatic carbocycles. The van der Waals surface area contributed by atoms with Gasteiger partial charge in [0.05, 0.1) is 38.9 Å². The Morgan fingerprint density at radius 3 is 2.27 bits per heavy atom. The van der Waals surface area contributed by atoms with E-state index in [0.29, 0.717) is 39.6 Å². The smallest absolute Gasteiger partial charge is 0.238 e. The second kappa shape index (κ2) is 10.4. The fourth-order valence-corrected chi connectivity index (χ4v) is 7.34. The minimum atomic E-state index is -1.44. The fourth-order valence-electron chi connectivity index (χ4n) is 7.34.